The van der Waals surface area contributed by atoms with E-state index in [9.17, 15) is 9.59 Å². The van der Waals surface area contributed by atoms with Crippen molar-refractivity contribution >= 4 is 29.1 Å². The van der Waals surface area contributed by atoms with Crippen LogP contribution in [-0.2, 0) is 6.42 Å². The lowest BCUT2D eigenvalue weighted by atomic mass is 10.1. The van der Waals surface area contributed by atoms with Crippen LogP contribution in [0.15, 0.2) is 35.1 Å². The molecule has 110 valence electrons. The number of nitrogens with one attached hydrogen (secondary N) is 2. The zero-order valence-electron chi connectivity index (χ0n) is 11.4. The van der Waals surface area contributed by atoms with Gasteiger partial charge in [0.1, 0.15) is 5.56 Å². The van der Waals surface area contributed by atoms with Gasteiger partial charge in [0.2, 0.25) is 0 Å². The lowest BCUT2D eigenvalue weighted by Gasteiger charge is -2.07. The summed E-state index contributed by atoms with van der Waals surface area (Å²) >= 11 is 12.0. The maximum atomic E-state index is 11.9. The zero-order valence-corrected chi connectivity index (χ0v) is 12.9. The highest BCUT2D eigenvalue weighted by Crippen LogP contribution is 2.25. The van der Waals surface area contributed by atoms with Crippen LogP contribution in [0.1, 0.15) is 21.6 Å². The van der Waals surface area contributed by atoms with E-state index in [-0.39, 0.29) is 5.56 Å². The first-order chi connectivity index (χ1) is 9.99. The molecule has 21 heavy (non-hydrogen) atoms. The summed E-state index contributed by atoms with van der Waals surface area (Å²) in [5, 5.41) is 3.66. The monoisotopic (exact) mass is 324 g/mol. The van der Waals surface area contributed by atoms with E-state index in [4.69, 9.17) is 23.2 Å². The fourth-order valence-corrected chi connectivity index (χ4v) is 2.31. The summed E-state index contributed by atoms with van der Waals surface area (Å²) < 4.78 is 0. The van der Waals surface area contributed by atoms with Gasteiger partial charge in [-0.15, -0.1) is 0 Å². The van der Waals surface area contributed by atoms with Crippen LogP contribution in [0.4, 0.5) is 0 Å². The Kier molecular flexibility index (Phi) is 5.04. The number of carbonyl (C=O) groups excluding carboxylic acids is 1. The van der Waals surface area contributed by atoms with Gasteiger partial charge in [0, 0.05) is 12.2 Å². The van der Waals surface area contributed by atoms with E-state index < -0.39 is 11.5 Å². The number of H-pyrrole nitrogens is 1. The topological polar surface area (TPSA) is 62.0 Å². The molecule has 0 aliphatic heterocycles. The van der Waals surface area contributed by atoms with Gasteiger partial charge >= 0.3 is 0 Å². The van der Waals surface area contributed by atoms with Crippen molar-refractivity contribution in [2.75, 3.05) is 6.54 Å². The molecule has 4 nitrogen and oxygen atoms in total. The molecule has 2 N–H and O–H groups in total. The number of aromatic nitrogens is 1. The van der Waals surface area contributed by atoms with Crippen LogP contribution in [0.5, 0.6) is 0 Å². The van der Waals surface area contributed by atoms with E-state index in [2.05, 4.69) is 10.3 Å². The van der Waals surface area contributed by atoms with E-state index in [1.165, 1.54) is 6.07 Å². The molecular formula is C15H14Cl2N2O2. The number of rotatable bonds is 4. The van der Waals surface area contributed by atoms with Gasteiger partial charge in [-0.25, -0.2) is 0 Å². The average Bonchev–Trinajstić information content (AvgIpc) is 2.43. The highest BCUT2D eigenvalue weighted by molar-refractivity contribution is 6.42. The van der Waals surface area contributed by atoms with Gasteiger partial charge in [-0.1, -0.05) is 35.3 Å². The second-order valence-electron chi connectivity index (χ2n) is 4.60. The number of aromatic amines is 1. The summed E-state index contributed by atoms with van der Waals surface area (Å²) in [6.07, 6.45) is 0.537. The highest BCUT2D eigenvalue weighted by Gasteiger charge is 2.10. The Labute approximate surface area is 132 Å². The Balaban J connectivity index is 1.99. The molecule has 0 fully saturated rings. The third kappa shape index (κ3) is 3.86. The predicted molar refractivity (Wildman–Crippen MR) is 84.3 cm³/mol. The van der Waals surface area contributed by atoms with Gasteiger partial charge in [0.25, 0.3) is 11.5 Å². The van der Waals surface area contributed by atoms with Gasteiger partial charge in [-0.3, -0.25) is 9.59 Å². The molecule has 2 rings (SSSR count). The van der Waals surface area contributed by atoms with E-state index >= 15 is 0 Å². The normalized spacial score (nSPS) is 10.4. The third-order valence-corrected chi connectivity index (χ3v) is 3.87. The predicted octanol–water partition coefficient (Wildman–Crippen LogP) is 2.96. The van der Waals surface area contributed by atoms with Crippen LogP contribution in [0.3, 0.4) is 0 Å². The second kappa shape index (κ2) is 6.78. The van der Waals surface area contributed by atoms with Crippen LogP contribution >= 0.6 is 23.2 Å². The van der Waals surface area contributed by atoms with Gasteiger partial charge in [0.05, 0.1) is 10.0 Å². The molecule has 0 aliphatic rings. The molecule has 0 atom stereocenters. The molecule has 0 spiro atoms. The van der Waals surface area contributed by atoms with Crippen molar-refractivity contribution in [3.8, 4) is 0 Å². The molecule has 6 heteroatoms. The SMILES string of the molecule is Cc1ccc(C(=O)NCCc2cccc(Cl)c2Cl)c(=O)[nH]1. The molecular weight excluding hydrogens is 311 g/mol. The number of carbonyl (C=O) groups is 1. The van der Waals surface area contributed by atoms with Crippen molar-refractivity contribution in [3.05, 3.63) is 67.6 Å². The molecule has 0 saturated heterocycles. The summed E-state index contributed by atoms with van der Waals surface area (Å²) in [5.41, 5.74) is 1.26. The summed E-state index contributed by atoms with van der Waals surface area (Å²) in [5.74, 6) is -0.408. The minimum atomic E-state index is -0.408. The Morgan fingerprint density at radius 1 is 1.24 bits per heavy atom. The summed E-state index contributed by atoms with van der Waals surface area (Å²) in [6.45, 7) is 2.12. The number of halogens is 2. The largest absolute Gasteiger partial charge is 0.352 e. The average molecular weight is 325 g/mol. The standard InChI is InChI=1S/C15H14Cl2N2O2/c1-9-5-6-11(15(21)19-9)14(20)18-8-7-10-3-2-4-12(16)13(10)17/h2-6H,7-8H2,1H3,(H,18,20)(H,19,21). The molecule has 0 radical (unpaired) electrons. The fraction of sp³-hybridized carbons (Fsp3) is 0.200. The third-order valence-electron chi connectivity index (χ3n) is 3.01. The Morgan fingerprint density at radius 3 is 2.71 bits per heavy atom. The molecule has 0 bridgehead atoms. The quantitative estimate of drug-likeness (QED) is 0.908. The summed E-state index contributed by atoms with van der Waals surface area (Å²) in [7, 11) is 0. The number of amides is 1. The van der Waals surface area contributed by atoms with Gasteiger partial charge in [-0.2, -0.15) is 0 Å². The van der Waals surface area contributed by atoms with E-state index in [1.54, 1.807) is 25.1 Å². The number of pyridine rings is 1. The first-order valence-corrected chi connectivity index (χ1v) is 7.15. The molecule has 0 aliphatic carbocycles. The summed E-state index contributed by atoms with van der Waals surface area (Å²) in [6, 6.07) is 8.55. The molecule has 0 unspecified atom stereocenters. The molecule has 1 amide bonds. The van der Waals surface area contributed by atoms with Crippen LogP contribution in [0.2, 0.25) is 10.0 Å². The lowest BCUT2D eigenvalue weighted by molar-refractivity contribution is 0.0952. The number of benzene rings is 1. The van der Waals surface area contributed by atoms with Crippen molar-refractivity contribution in [3.63, 3.8) is 0 Å². The van der Waals surface area contributed by atoms with Gasteiger partial charge in [0.15, 0.2) is 0 Å². The second-order valence-corrected chi connectivity index (χ2v) is 5.39. The Hall–Kier alpha value is -1.78. The minimum absolute atomic E-state index is 0.0952. The lowest BCUT2D eigenvalue weighted by Crippen LogP contribution is -2.31. The Morgan fingerprint density at radius 2 is 2.00 bits per heavy atom. The zero-order chi connectivity index (χ0) is 15.4. The van der Waals surface area contributed by atoms with Crippen molar-refractivity contribution in [1.29, 1.82) is 0 Å². The maximum Gasteiger partial charge on any atom is 0.260 e. The number of aryl methyl sites for hydroxylation is 1. The van der Waals surface area contributed by atoms with Crippen LogP contribution < -0.4 is 10.9 Å². The number of hydrogen-bond donors (Lipinski definition) is 2. The van der Waals surface area contributed by atoms with Crippen molar-refractivity contribution in [1.82, 2.24) is 10.3 Å². The molecule has 1 heterocycles. The van der Waals surface area contributed by atoms with Gasteiger partial charge < -0.3 is 10.3 Å². The molecule has 2 aromatic rings. The van der Waals surface area contributed by atoms with Gasteiger partial charge in [-0.05, 0) is 37.1 Å². The maximum absolute atomic E-state index is 11.9. The summed E-state index contributed by atoms with van der Waals surface area (Å²) in [4.78, 5) is 26.2. The molecule has 1 aromatic heterocycles. The fourth-order valence-electron chi connectivity index (χ4n) is 1.90. The van der Waals surface area contributed by atoms with Crippen molar-refractivity contribution in [2.45, 2.75) is 13.3 Å². The van der Waals surface area contributed by atoms with E-state index in [1.807, 2.05) is 6.07 Å². The first-order valence-electron chi connectivity index (χ1n) is 6.40. The van der Waals surface area contributed by atoms with Crippen LogP contribution in [0.25, 0.3) is 0 Å². The smallest absolute Gasteiger partial charge is 0.260 e. The van der Waals surface area contributed by atoms with Crippen LogP contribution in [0, 0.1) is 6.92 Å². The Bertz CT molecular complexity index is 726. The first kappa shape index (κ1) is 15.6. The van der Waals surface area contributed by atoms with Crippen LogP contribution in [-0.4, -0.2) is 17.4 Å². The number of hydrogen-bond acceptors (Lipinski definition) is 2. The van der Waals surface area contributed by atoms with E-state index in [0.717, 1.165) is 5.56 Å². The molecule has 1 aromatic carbocycles. The van der Waals surface area contributed by atoms with E-state index in [0.29, 0.717) is 28.7 Å². The minimum Gasteiger partial charge on any atom is -0.352 e. The highest BCUT2D eigenvalue weighted by atomic mass is 35.5. The van der Waals surface area contributed by atoms with Crippen molar-refractivity contribution < 1.29 is 4.79 Å². The molecule has 0 saturated carbocycles. The van der Waals surface area contributed by atoms with Crippen molar-refractivity contribution in [2.24, 2.45) is 0 Å².